The highest BCUT2D eigenvalue weighted by molar-refractivity contribution is 5.16. The molecule has 86 valence electrons. The van der Waals surface area contributed by atoms with E-state index < -0.39 is 0 Å². The van der Waals surface area contributed by atoms with E-state index in [9.17, 15) is 0 Å². The highest BCUT2D eigenvalue weighted by Crippen LogP contribution is 2.45. The summed E-state index contributed by atoms with van der Waals surface area (Å²) in [6.45, 7) is 3.14. The van der Waals surface area contributed by atoms with Crippen molar-refractivity contribution in [1.29, 1.82) is 0 Å². The smallest absolute Gasteiger partial charge is 0.137 e. The Kier molecular flexibility index (Phi) is 2.56. The van der Waals surface area contributed by atoms with Crippen LogP contribution in [-0.2, 0) is 0 Å². The third-order valence-electron chi connectivity index (χ3n) is 4.12. The van der Waals surface area contributed by atoms with Crippen LogP contribution in [0, 0.1) is 11.3 Å². The zero-order valence-corrected chi connectivity index (χ0v) is 9.48. The highest BCUT2D eigenvalue weighted by Gasteiger charge is 2.46. The lowest BCUT2D eigenvalue weighted by Gasteiger charge is -2.28. The van der Waals surface area contributed by atoms with Gasteiger partial charge in [-0.3, -0.25) is 4.98 Å². The number of nitrogens with zero attached hydrogens (tertiary/aromatic N) is 1. The zero-order valence-electron chi connectivity index (χ0n) is 9.48. The SMILES string of the molecule is c1cncc(OC[C@@]23CCC[C@@H]2CNC3)c1. The minimum absolute atomic E-state index is 0.399. The molecule has 2 heterocycles. The predicted molar refractivity (Wildman–Crippen MR) is 62.4 cm³/mol. The zero-order chi connectivity index (χ0) is 10.8. The van der Waals surface area contributed by atoms with Gasteiger partial charge in [-0.1, -0.05) is 6.42 Å². The summed E-state index contributed by atoms with van der Waals surface area (Å²) < 4.78 is 5.89. The monoisotopic (exact) mass is 218 g/mol. The van der Waals surface area contributed by atoms with Gasteiger partial charge in [-0.25, -0.2) is 0 Å². The summed E-state index contributed by atoms with van der Waals surface area (Å²) in [5, 5.41) is 3.51. The summed E-state index contributed by atoms with van der Waals surface area (Å²) in [6, 6.07) is 3.90. The second-order valence-corrected chi connectivity index (χ2v) is 5.06. The number of nitrogens with one attached hydrogen (secondary N) is 1. The van der Waals surface area contributed by atoms with Gasteiger partial charge in [0.1, 0.15) is 5.75 Å². The van der Waals surface area contributed by atoms with Crippen LogP contribution in [0.1, 0.15) is 19.3 Å². The van der Waals surface area contributed by atoms with E-state index in [1.807, 2.05) is 12.1 Å². The molecule has 2 atom stereocenters. The fourth-order valence-electron chi connectivity index (χ4n) is 3.16. The fraction of sp³-hybridized carbons (Fsp3) is 0.615. The molecule has 3 rings (SSSR count). The first kappa shape index (κ1) is 10.1. The molecule has 1 aliphatic carbocycles. The summed E-state index contributed by atoms with van der Waals surface area (Å²) in [5.41, 5.74) is 0.399. The molecule has 2 fully saturated rings. The Balaban J connectivity index is 1.66. The maximum Gasteiger partial charge on any atom is 0.137 e. The molecule has 1 saturated heterocycles. The van der Waals surface area contributed by atoms with Crippen LogP contribution < -0.4 is 10.1 Å². The molecule has 0 spiro atoms. The number of aromatic nitrogens is 1. The van der Waals surface area contributed by atoms with Gasteiger partial charge in [-0.15, -0.1) is 0 Å². The van der Waals surface area contributed by atoms with Gasteiger partial charge in [-0.2, -0.15) is 0 Å². The highest BCUT2D eigenvalue weighted by atomic mass is 16.5. The van der Waals surface area contributed by atoms with Crippen LogP contribution in [0.25, 0.3) is 0 Å². The van der Waals surface area contributed by atoms with Crippen LogP contribution in [0.2, 0.25) is 0 Å². The predicted octanol–water partition coefficient (Wildman–Crippen LogP) is 1.85. The minimum atomic E-state index is 0.399. The third kappa shape index (κ3) is 1.69. The van der Waals surface area contributed by atoms with Crippen molar-refractivity contribution in [3.05, 3.63) is 24.5 Å². The number of pyridine rings is 1. The van der Waals surface area contributed by atoms with Crippen LogP contribution in [0.5, 0.6) is 5.75 Å². The van der Waals surface area contributed by atoms with Gasteiger partial charge >= 0.3 is 0 Å². The maximum absolute atomic E-state index is 5.89. The van der Waals surface area contributed by atoms with Crippen molar-refractivity contribution < 1.29 is 4.74 Å². The Morgan fingerprint density at radius 3 is 3.44 bits per heavy atom. The van der Waals surface area contributed by atoms with Crippen molar-refractivity contribution in [2.24, 2.45) is 11.3 Å². The van der Waals surface area contributed by atoms with E-state index in [0.717, 1.165) is 24.8 Å². The molecule has 2 aliphatic rings. The Morgan fingerprint density at radius 1 is 1.56 bits per heavy atom. The van der Waals surface area contributed by atoms with E-state index in [0.29, 0.717) is 5.41 Å². The van der Waals surface area contributed by atoms with E-state index in [1.54, 1.807) is 12.4 Å². The van der Waals surface area contributed by atoms with Gasteiger partial charge in [0.15, 0.2) is 0 Å². The quantitative estimate of drug-likeness (QED) is 0.840. The lowest BCUT2D eigenvalue weighted by molar-refractivity contribution is 0.137. The van der Waals surface area contributed by atoms with E-state index in [4.69, 9.17) is 4.74 Å². The number of rotatable bonds is 3. The van der Waals surface area contributed by atoms with E-state index >= 15 is 0 Å². The number of hydrogen-bond acceptors (Lipinski definition) is 3. The molecule has 0 amide bonds. The molecule has 1 N–H and O–H groups in total. The van der Waals surface area contributed by atoms with Gasteiger partial charge in [0.05, 0.1) is 12.8 Å². The Morgan fingerprint density at radius 2 is 2.56 bits per heavy atom. The molecule has 0 radical (unpaired) electrons. The lowest BCUT2D eigenvalue weighted by Crippen LogP contribution is -2.32. The van der Waals surface area contributed by atoms with Gasteiger partial charge < -0.3 is 10.1 Å². The second-order valence-electron chi connectivity index (χ2n) is 5.06. The third-order valence-corrected chi connectivity index (χ3v) is 4.12. The average molecular weight is 218 g/mol. The standard InChI is InChI=1S/C13H18N2O/c1-3-11-7-15-9-13(11,5-1)10-16-12-4-2-6-14-8-12/h2,4,6,8,11,15H,1,3,5,7,9-10H2/t11-,13+/m1/s1. The van der Waals surface area contributed by atoms with Crippen molar-refractivity contribution in [2.45, 2.75) is 19.3 Å². The Bertz CT molecular complexity index is 342. The van der Waals surface area contributed by atoms with Gasteiger partial charge in [0, 0.05) is 18.2 Å². The first-order chi connectivity index (χ1) is 7.89. The molecule has 1 aliphatic heterocycles. The van der Waals surface area contributed by atoms with Crippen molar-refractivity contribution in [3.8, 4) is 5.75 Å². The fourth-order valence-corrected chi connectivity index (χ4v) is 3.16. The number of hydrogen-bond donors (Lipinski definition) is 1. The second kappa shape index (κ2) is 4.06. The largest absolute Gasteiger partial charge is 0.491 e. The molecular weight excluding hydrogens is 200 g/mol. The van der Waals surface area contributed by atoms with E-state index in [-0.39, 0.29) is 0 Å². The van der Waals surface area contributed by atoms with E-state index in [1.165, 1.54) is 25.8 Å². The molecular formula is C13H18N2O. The molecule has 0 unspecified atom stereocenters. The van der Waals surface area contributed by atoms with Crippen LogP contribution >= 0.6 is 0 Å². The molecule has 0 bridgehead atoms. The van der Waals surface area contributed by atoms with Crippen LogP contribution in [-0.4, -0.2) is 24.7 Å². The summed E-state index contributed by atoms with van der Waals surface area (Å²) in [6.07, 6.45) is 7.61. The van der Waals surface area contributed by atoms with Crippen LogP contribution in [0.15, 0.2) is 24.5 Å². The Hall–Kier alpha value is -1.09. The summed E-state index contributed by atoms with van der Waals surface area (Å²) in [4.78, 5) is 4.07. The minimum Gasteiger partial charge on any atom is -0.491 e. The molecule has 1 aromatic heterocycles. The van der Waals surface area contributed by atoms with Gasteiger partial charge in [0.25, 0.3) is 0 Å². The van der Waals surface area contributed by atoms with Crippen LogP contribution in [0.4, 0.5) is 0 Å². The number of ether oxygens (including phenoxy) is 1. The molecule has 16 heavy (non-hydrogen) atoms. The molecule has 0 aromatic carbocycles. The maximum atomic E-state index is 5.89. The summed E-state index contributed by atoms with van der Waals surface area (Å²) >= 11 is 0. The first-order valence-electron chi connectivity index (χ1n) is 6.13. The average Bonchev–Trinajstić information content (AvgIpc) is 2.87. The van der Waals surface area contributed by atoms with Crippen molar-refractivity contribution in [3.63, 3.8) is 0 Å². The molecule has 3 heteroatoms. The molecule has 1 saturated carbocycles. The molecule has 3 nitrogen and oxygen atoms in total. The van der Waals surface area contributed by atoms with Crippen molar-refractivity contribution in [2.75, 3.05) is 19.7 Å². The summed E-state index contributed by atoms with van der Waals surface area (Å²) in [5.74, 6) is 1.72. The van der Waals surface area contributed by atoms with Gasteiger partial charge in [0.2, 0.25) is 0 Å². The van der Waals surface area contributed by atoms with Crippen LogP contribution in [0.3, 0.4) is 0 Å². The lowest BCUT2D eigenvalue weighted by atomic mass is 9.82. The normalized spacial score (nSPS) is 32.6. The van der Waals surface area contributed by atoms with Crippen molar-refractivity contribution >= 4 is 0 Å². The van der Waals surface area contributed by atoms with E-state index in [2.05, 4.69) is 10.3 Å². The molecule has 1 aromatic rings. The Labute approximate surface area is 96.2 Å². The first-order valence-corrected chi connectivity index (χ1v) is 6.13. The topological polar surface area (TPSA) is 34.1 Å². The van der Waals surface area contributed by atoms with Gasteiger partial charge in [-0.05, 0) is 37.4 Å². The number of fused-ring (bicyclic) bond motifs is 1. The van der Waals surface area contributed by atoms with Crippen molar-refractivity contribution in [1.82, 2.24) is 10.3 Å². The summed E-state index contributed by atoms with van der Waals surface area (Å²) in [7, 11) is 0.